The number of amides is 1. The minimum Gasteiger partial charge on any atom is -0.309 e. The van der Waals surface area contributed by atoms with Crippen molar-refractivity contribution in [3.63, 3.8) is 0 Å². The van der Waals surface area contributed by atoms with E-state index < -0.39 is 0 Å². The van der Waals surface area contributed by atoms with Crippen LogP contribution < -0.4 is 5.32 Å². The number of aromatic nitrogens is 4. The monoisotopic (exact) mass is 352 g/mol. The number of nitrogens with one attached hydrogen (secondary N) is 2. The smallest absolute Gasteiger partial charge is 0.225 e. The molecule has 136 valence electrons. The summed E-state index contributed by atoms with van der Waals surface area (Å²) in [6.07, 6.45) is 10.8. The zero-order valence-electron chi connectivity index (χ0n) is 14.8. The van der Waals surface area contributed by atoms with Crippen LogP contribution in [0.2, 0.25) is 0 Å². The molecule has 0 aliphatic carbocycles. The third kappa shape index (κ3) is 3.94. The summed E-state index contributed by atoms with van der Waals surface area (Å²) in [4.78, 5) is 18.8. The Balaban J connectivity index is 1.27. The number of hydrogen-bond donors (Lipinski definition) is 2. The van der Waals surface area contributed by atoms with Crippen molar-refractivity contribution in [1.82, 2.24) is 24.5 Å². The van der Waals surface area contributed by atoms with Gasteiger partial charge in [-0.1, -0.05) is 0 Å². The molecule has 0 saturated carbocycles. The SMILES string of the molecule is O=C(CCCCN1CCCC1)Nc1cc(-c2ccc3nccn3c2)[nH]n1. The standard InChI is InChI=1S/C19H24N6O/c26-19(5-1-2-9-24-10-3-4-11-24)21-17-13-16(22-23-17)15-6-7-18-20-8-12-25(18)14-15/h6-8,12-14H,1-5,9-11H2,(H2,21,22,23,26). The molecular weight excluding hydrogens is 328 g/mol. The van der Waals surface area contributed by atoms with Gasteiger partial charge in [0.25, 0.3) is 0 Å². The van der Waals surface area contributed by atoms with Crippen molar-refractivity contribution in [2.24, 2.45) is 0 Å². The van der Waals surface area contributed by atoms with Crippen molar-refractivity contribution >= 4 is 17.4 Å². The van der Waals surface area contributed by atoms with E-state index in [2.05, 4.69) is 25.4 Å². The van der Waals surface area contributed by atoms with E-state index >= 15 is 0 Å². The number of rotatable bonds is 7. The third-order valence-electron chi connectivity index (χ3n) is 4.87. The summed E-state index contributed by atoms with van der Waals surface area (Å²) in [5.41, 5.74) is 2.76. The van der Waals surface area contributed by atoms with Crippen molar-refractivity contribution in [1.29, 1.82) is 0 Å². The highest BCUT2D eigenvalue weighted by molar-refractivity contribution is 5.90. The van der Waals surface area contributed by atoms with E-state index in [0.717, 1.165) is 36.3 Å². The van der Waals surface area contributed by atoms with Gasteiger partial charge in [-0.05, 0) is 57.5 Å². The molecule has 4 rings (SSSR count). The van der Waals surface area contributed by atoms with Gasteiger partial charge in [0.2, 0.25) is 5.91 Å². The van der Waals surface area contributed by atoms with Crippen LogP contribution >= 0.6 is 0 Å². The van der Waals surface area contributed by atoms with E-state index in [4.69, 9.17) is 0 Å². The minimum atomic E-state index is 0.0227. The number of fused-ring (bicyclic) bond motifs is 1. The molecule has 1 saturated heterocycles. The predicted molar refractivity (Wildman–Crippen MR) is 101 cm³/mol. The van der Waals surface area contributed by atoms with Gasteiger partial charge in [0.1, 0.15) is 5.65 Å². The summed E-state index contributed by atoms with van der Waals surface area (Å²) in [5.74, 6) is 0.588. The fourth-order valence-electron chi connectivity index (χ4n) is 3.45. The second-order valence-electron chi connectivity index (χ2n) is 6.83. The number of imidazole rings is 1. The Morgan fingerprint density at radius 1 is 1.23 bits per heavy atom. The normalized spacial score (nSPS) is 14.9. The first kappa shape index (κ1) is 16.8. The summed E-state index contributed by atoms with van der Waals surface area (Å²) >= 11 is 0. The van der Waals surface area contributed by atoms with Crippen LogP contribution in [-0.2, 0) is 4.79 Å². The first-order valence-electron chi connectivity index (χ1n) is 9.29. The lowest BCUT2D eigenvalue weighted by Gasteiger charge is -2.13. The number of carbonyl (C=O) groups excluding carboxylic acids is 1. The maximum absolute atomic E-state index is 12.1. The summed E-state index contributed by atoms with van der Waals surface area (Å²) < 4.78 is 1.95. The Morgan fingerprint density at radius 3 is 3.00 bits per heavy atom. The van der Waals surface area contributed by atoms with Crippen molar-refractivity contribution in [3.05, 3.63) is 36.8 Å². The van der Waals surface area contributed by atoms with Gasteiger partial charge in [-0.25, -0.2) is 4.98 Å². The molecule has 0 spiro atoms. The van der Waals surface area contributed by atoms with E-state index in [1.54, 1.807) is 6.20 Å². The Labute approximate surface area is 152 Å². The number of anilines is 1. The Kier molecular flexibility index (Phi) is 4.97. The van der Waals surface area contributed by atoms with Gasteiger partial charge in [-0.2, -0.15) is 5.10 Å². The predicted octanol–water partition coefficient (Wildman–Crippen LogP) is 2.93. The maximum Gasteiger partial charge on any atom is 0.225 e. The molecule has 0 aromatic carbocycles. The summed E-state index contributed by atoms with van der Waals surface area (Å²) in [7, 11) is 0. The number of nitrogens with zero attached hydrogens (tertiary/aromatic N) is 4. The molecule has 7 heteroatoms. The van der Waals surface area contributed by atoms with E-state index in [9.17, 15) is 4.79 Å². The average molecular weight is 352 g/mol. The number of hydrogen-bond acceptors (Lipinski definition) is 4. The fraction of sp³-hybridized carbons (Fsp3) is 0.421. The topological polar surface area (TPSA) is 78.3 Å². The third-order valence-corrected chi connectivity index (χ3v) is 4.87. The Morgan fingerprint density at radius 2 is 2.12 bits per heavy atom. The van der Waals surface area contributed by atoms with Crippen molar-refractivity contribution < 1.29 is 4.79 Å². The number of H-pyrrole nitrogens is 1. The lowest BCUT2D eigenvalue weighted by atomic mass is 10.2. The second kappa shape index (κ2) is 7.70. The van der Waals surface area contributed by atoms with Gasteiger partial charge in [-0.15, -0.1) is 0 Å². The molecule has 7 nitrogen and oxygen atoms in total. The number of aromatic amines is 1. The molecule has 1 aliphatic heterocycles. The molecule has 0 bridgehead atoms. The lowest BCUT2D eigenvalue weighted by molar-refractivity contribution is -0.116. The highest BCUT2D eigenvalue weighted by Gasteiger charge is 2.11. The summed E-state index contributed by atoms with van der Waals surface area (Å²) in [5, 5.41) is 10.1. The quantitative estimate of drug-likeness (QED) is 0.641. The first-order valence-corrected chi connectivity index (χ1v) is 9.29. The van der Waals surface area contributed by atoms with Crippen LogP contribution in [0.15, 0.2) is 36.8 Å². The fourth-order valence-corrected chi connectivity index (χ4v) is 3.45. The highest BCUT2D eigenvalue weighted by Crippen LogP contribution is 2.20. The van der Waals surface area contributed by atoms with E-state index in [-0.39, 0.29) is 5.91 Å². The first-order chi connectivity index (χ1) is 12.8. The molecule has 26 heavy (non-hydrogen) atoms. The van der Waals surface area contributed by atoms with Gasteiger partial charge in [0.05, 0.1) is 5.69 Å². The molecule has 1 aliphatic rings. The number of pyridine rings is 1. The second-order valence-corrected chi connectivity index (χ2v) is 6.83. The van der Waals surface area contributed by atoms with Crippen molar-refractivity contribution in [2.75, 3.05) is 25.0 Å². The van der Waals surface area contributed by atoms with Crippen LogP contribution in [0.3, 0.4) is 0 Å². The summed E-state index contributed by atoms with van der Waals surface area (Å²) in [6.45, 7) is 3.54. The van der Waals surface area contributed by atoms with Gasteiger partial charge >= 0.3 is 0 Å². The zero-order chi connectivity index (χ0) is 17.8. The van der Waals surface area contributed by atoms with E-state index in [1.165, 1.54) is 25.9 Å². The van der Waals surface area contributed by atoms with Crippen LogP contribution in [0.25, 0.3) is 16.9 Å². The van der Waals surface area contributed by atoms with Gasteiger partial charge < -0.3 is 14.6 Å². The van der Waals surface area contributed by atoms with E-state index in [0.29, 0.717) is 12.2 Å². The highest BCUT2D eigenvalue weighted by atomic mass is 16.1. The lowest BCUT2D eigenvalue weighted by Crippen LogP contribution is -2.20. The number of likely N-dealkylation sites (tertiary alicyclic amines) is 1. The molecular formula is C19H24N6O. The van der Waals surface area contributed by atoms with Gasteiger partial charge in [0, 0.05) is 36.6 Å². The largest absolute Gasteiger partial charge is 0.309 e. The molecule has 0 atom stereocenters. The molecule has 4 heterocycles. The van der Waals surface area contributed by atoms with Gasteiger partial charge in [-0.3, -0.25) is 9.89 Å². The van der Waals surface area contributed by atoms with Crippen molar-refractivity contribution in [2.45, 2.75) is 32.1 Å². The van der Waals surface area contributed by atoms with Gasteiger partial charge in [0.15, 0.2) is 5.82 Å². The van der Waals surface area contributed by atoms with Crippen LogP contribution in [0, 0.1) is 0 Å². The van der Waals surface area contributed by atoms with Crippen LogP contribution in [-0.4, -0.2) is 50.0 Å². The number of carbonyl (C=O) groups is 1. The molecule has 0 radical (unpaired) electrons. The molecule has 3 aromatic heterocycles. The van der Waals surface area contributed by atoms with Crippen LogP contribution in [0.1, 0.15) is 32.1 Å². The molecule has 1 amide bonds. The minimum absolute atomic E-state index is 0.0227. The molecule has 0 unspecified atom stereocenters. The zero-order valence-corrected chi connectivity index (χ0v) is 14.8. The summed E-state index contributed by atoms with van der Waals surface area (Å²) in [6, 6.07) is 5.80. The van der Waals surface area contributed by atoms with E-state index in [1.807, 2.05) is 35.0 Å². The van der Waals surface area contributed by atoms with Crippen molar-refractivity contribution in [3.8, 4) is 11.3 Å². The number of unbranched alkanes of at least 4 members (excludes halogenated alkanes) is 1. The molecule has 1 fully saturated rings. The van der Waals surface area contributed by atoms with Crippen LogP contribution in [0.5, 0.6) is 0 Å². The maximum atomic E-state index is 12.1. The van der Waals surface area contributed by atoms with Crippen LogP contribution in [0.4, 0.5) is 5.82 Å². The Hall–Kier alpha value is -2.67. The Bertz CT molecular complexity index is 877. The average Bonchev–Trinajstić information content (AvgIpc) is 3.39. The molecule has 3 aromatic rings. The molecule has 2 N–H and O–H groups in total.